The zero-order chi connectivity index (χ0) is 20.8. The van der Waals surface area contributed by atoms with Crippen molar-refractivity contribution in [2.24, 2.45) is 0 Å². The van der Waals surface area contributed by atoms with Crippen molar-refractivity contribution in [2.45, 2.75) is 33.4 Å². The number of halogens is 2. The van der Waals surface area contributed by atoms with Crippen LogP contribution in [0.3, 0.4) is 0 Å². The summed E-state index contributed by atoms with van der Waals surface area (Å²) >= 11 is 12.1. The maximum absolute atomic E-state index is 12.4. The molecule has 150 valence electrons. The van der Waals surface area contributed by atoms with E-state index in [4.69, 9.17) is 23.2 Å². The zero-order valence-corrected chi connectivity index (χ0v) is 18.0. The largest absolute Gasteiger partial charge is 0.346 e. The summed E-state index contributed by atoms with van der Waals surface area (Å²) in [5.41, 5.74) is 3.62. The first-order valence-corrected chi connectivity index (χ1v) is 9.72. The average molecular weight is 422 g/mol. The van der Waals surface area contributed by atoms with Gasteiger partial charge in [0.2, 0.25) is 11.8 Å². The lowest BCUT2D eigenvalue weighted by molar-refractivity contribution is -0.127. The molecule has 0 bridgehead atoms. The van der Waals surface area contributed by atoms with Crippen LogP contribution < -0.4 is 10.6 Å². The lowest BCUT2D eigenvalue weighted by Gasteiger charge is -2.24. The van der Waals surface area contributed by atoms with Crippen molar-refractivity contribution in [3.8, 4) is 0 Å². The summed E-state index contributed by atoms with van der Waals surface area (Å²) in [6, 6.07) is 10.6. The van der Waals surface area contributed by atoms with E-state index in [1.54, 1.807) is 19.1 Å². The number of likely N-dealkylation sites (N-methyl/N-ethyl adjacent to an activating group) is 1. The van der Waals surface area contributed by atoms with Crippen LogP contribution in [-0.2, 0) is 16.1 Å². The van der Waals surface area contributed by atoms with Gasteiger partial charge in [-0.2, -0.15) is 0 Å². The van der Waals surface area contributed by atoms with Crippen LogP contribution in [0.1, 0.15) is 23.6 Å². The Balaban J connectivity index is 1.88. The molecule has 28 heavy (non-hydrogen) atoms. The van der Waals surface area contributed by atoms with Gasteiger partial charge in [0.15, 0.2) is 0 Å². The fraction of sp³-hybridized carbons (Fsp3) is 0.333. The maximum Gasteiger partial charge on any atom is 0.243 e. The second kappa shape index (κ2) is 9.92. The number of nitrogens with zero attached hydrogens (tertiary/aromatic N) is 1. The number of para-hydroxylation sites is 1. The number of aryl methyl sites for hydroxylation is 2. The van der Waals surface area contributed by atoms with E-state index in [-0.39, 0.29) is 18.4 Å². The number of nitrogens with one attached hydrogen (secondary N) is 2. The van der Waals surface area contributed by atoms with Gasteiger partial charge in [0.05, 0.1) is 12.6 Å². The molecule has 1 atom stereocenters. The molecule has 0 unspecified atom stereocenters. The maximum atomic E-state index is 12.4. The highest BCUT2D eigenvalue weighted by Gasteiger charge is 2.20. The first-order valence-electron chi connectivity index (χ1n) is 8.97. The Kier molecular flexibility index (Phi) is 7.87. The van der Waals surface area contributed by atoms with E-state index < -0.39 is 6.04 Å². The highest BCUT2D eigenvalue weighted by atomic mass is 35.5. The van der Waals surface area contributed by atoms with Crippen LogP contribution in [0.2, 0.25) is 10.0 Å². The van der Waals surface area contributed by atoms with Crippen LogP contribution in [0.25, 0.3) is 0 Å². The highest BCUT2D eigenvalue weighted by Crippen LogP contribution is 2.22. The molecular formula is C21H25Cl2N3O2. The van der Waals surface area contributed by atoms with Gasteiger partial charge in [-0.25, -0.2) is 0 Å². The molecule has 5 nitrogen and oxygen atoms in total. The van der Waals surface area contributed by atoms with Gasteiger partial charge in [0.1, 0.15) is 0 Å². The topological polar surface area (TPSA) is 61.4 Å². The molecule has 0 heterocycles. The molecule has 2 aromatic carbocycles. The van der Waals surface area contributed by atoms with Crippen LogP contribution in [0.15, 0.2) is 36.4 Å². The minimum atomic E-state index is -0.431. The molecule has 7 heteroatoms. The number of hydrogen-bond acceptors (Lipinski definition) is 3. The Morgan fingerprint density at radius 2 is 1.75 bits per heavy atom. The first-order chi connectivity index (χ1) is 13.2. The molecule has 2 rings (SSSR count). The Morgan fingerprint density at radius 1 is 1.11 bits per heavy atom. The fourth-order valence-corrected chi connectivity index (χ4v) is 3.23. The molecule has 0 saturated heterocycles. The molecule has 0 spiro atoms. The van der Waals surface area contributed by atoms with Crippen LogP contribution >= 0.6 is 23.2 Å². The summed E-state index contributed by atoms with van der Waals surface area (Å²) in [5, 5.41) is 6.66. The second-order valence-corrected chi connectivity index (χ2v) is 7.70. The third-order valence-electron chi connectivity index (χ3n) is 4.64. The standard InChI is InChI=1S/C21H25Cl2N3O2/c1-13-6-5-7-14(2)20(13)25-19(27)11-24-21(28)15(3)26(4)12-16-8-9-17(22)10-18(16)23/h5-10,15H,11-12H2,1-4H3,(H,24,28)(H,25,27)/t15-/m0/s1. The molecule has 2 amide bonds. The van der Waals surface area contributed by atoms with E-state index in [9.17, 15) is 9.59 Å². The normalized spacial score (nSPS) is 12.0. The summed E-state index contributed by atoms with van der Waals surface area (Å²) in [6.07, 6.45) is 0. The van der Waals surface area contributed by atoms with Gasteiger partial charge in [0.25, 0.3) is 0 Å². The quantitative estimate of drug-likeness (QED) is 0.704. The fourth-order valence-electron chi connectivity index (χ4n) is 2.77. The van der Waals surface area contributed by atoms with Crippen molar-refractivity contribution in [1.82, 2.24) is 10.2 Å². The summed E-state index contributed by atoms with van der Waals surface area (Å²) < 4.78 is 0. The van der Waals surface area contributed by atoms with Crippen LogP contribution in [-0.4, -0.2) is 36.3 Å². The summed E-state index contributed by atoms with van der Waals surface area (Å²) in [4.78, 5) is 26.5. The van der Waals surface area contributed by atoms with E-state index >= 15 is 0 Å². The Morgan fingerprint density at radius 3 is 2.36 bits per heavy atom. The molecule has 0 saturated carbocycles. The van der Waals surface area contributed by atoms with Crippen molar-refractivity contribution >= 4 is 40.7 Å². The smallest absolute Gasteiger partial charge is 0.243 e. The van der Waals surface area contributed by atoms with Gasteiger partial charge in [-0.1, -0.05) is 47.5 Å². The van der Waals surface area contributed by atoms with Crippen molar-refractivity contribution in [2.75, 3.05) is 18.9 Å². The lowest BCUT2D eigenvalue weighted by Crippen LogP contribution is -2.45. The van der Waals surface area contributed by atoms with E-state index in [0.717, 1.165) is 22.4 Å². The van der Waals surface area contributed by atoms with Crippen LogP contribution in [0.4, 0.5) is 5.69 Å². The predicted octanol–water partition coefficient (Wildman–Crippen LogP) is 4.19. The monoisotopic (exact) mass is 421 g/mol. The molecule has 0 aliphatic carbocycles. The summed E-state index contributed by atoms with van der Waals surface area (Å²) in [5.74, 6) is -0.495. The number of rotatable bonds is 7. The summed E-state index contributed by atoms with van der Waals surface area (Å²) in [7, 11) is 1.83. The average Bonchev–Trinajstić information content (AvgIpc) is 2.64. The third-order valence-corrected chi connectivity index (χ3v) is 5.23. The van der Waals surface area contributed by atoms with Crippen molar-refractivity contribution in [3.05, 3.63) is 63.1 Å². The lowest BCUT2D eigenvalue weighted by atomic mass is 10.1. The van der Waals surface area contributed by atoms with E-state index in [1.807, 2.05) is 50.1 Å². The summed E-state index contributed by atoms with van der Waals surface area (Å²) in [6.45, 7) is 6.04. The number of carbonyl (C=O) groups is 2. The van der Waals surface area contributed by atoms with Gasteiger partial charge in [-0.3, -0.25) is 14.5 Å². The minimum Gasteiger partial charge on any atom is -0.346 e. The zero-order valence-electron chi connectivity index (χ0n) is 16.5. The van der Waals surface area contributed by atoms with Gasteiger partial charge >= 0.3 is 0 Å². The number of hydrogen-bond donors (Lipinski definition) is 2. The van der Waals surface area contributed by atoms with Gasteiger partial charge in [-0.15, -0.1) is 0 Å². The van der Waals surface area contributed by atoms with Crippen LogP contribution in [0.5, 0.6) is 0 Å². The number of carbonyl (C=O) groups excluding carboxylic acids is 2. The van der Waals surface area contributed by atoms with Crippen molar-refractivity contribution < 1.29 is 9.59 Å². The molecule has 0 aliphatic heterocycles. The molecule has 2 aromatic rings. The SMILES string of the molecule is Cc1cccc(C)c1NC(=O)CNC(=O)[C@H](C)N(C)Cc1ccc(Cl)cc1Cl. The molecule has 0 radical (unpaired) electrons. The van der Waals surface area contributed by atoms with Gasteiger partial charge in [-0.05, 0) is 56.6 Å². The predicted molar refractivity (Wildman–Crippen MR) is 115 cm³/mol. The van der Waals surface area contributed by atoms with E-state index in [1.165, 1.54) is 0 Å². The minimum absolute atomic E-state index is 0.0908. The number of amides is 2. The highest BCUT2D eigenvalue weighted by molar-refractivity contribution is 6.35. The van der Waals surface area contributed by atoms with Gasteiger partial charge in [0, 0.05) is 22.3 Å². The second-order valence-electron chi connectivity index (χ2n) is 6.86. The van der Waals surface area contributed by atoms with E-state index in [0.29, 0.717) is 16.6 Å². The van der Waals surface area contributed by atoms with Crippen molar-refractivity contribution in [1.29, 1.82) is 0 Å². The van der Waals surface area contributed by atoms with Gasteiger partial charge < -0.3 is 10.6 Å². The number of anilines is 1. The molecule has 0 fully saturated rings. The Labute approximate surface area is 176 Å². The molecule has 0 aliphatic rings. The first kappa shape index (κ1) is 22.2. The number of benzene rings is 2. The molecule has 2 N–H and O–H groups in total. The third kappa shape index (κ3) is 5.96. The molecule has 0 aromatic heterocycles. The Bertz CT molecular complexity index is 850. The van der Waals surface area contributed by atoms with Crippen molar-refractivity contribution in [3.63, 3.8) is 0 Å². The molecular weight excluding hydrogens is 397 g/mol. The van der Waals surface area contributed by atoms with Crippen LogP contribution in [0, 0.1) is 13.8 Å². The van der Waals surface area contributed by atoms with E-state index in [2.05, 4.69) is 10.6 Å². The Hall–Kier alpha value is -2.08.